The summed E-state index contributed by atoms with van der Waals surface area (Å²) < 4.78 is 0. The fourth-order valence-electron chi connectivity index (χ4n) is 2.09. The van der Waals surface area contributed by atoms with Crippen molar-refractivity contribution in [1.29, 1.82) is 0 Å². The molecule has 0 radical (unpaired) electrons. The van der Waals surface area contributed by atoms with E-state index in [0.717, 1.165) is 37.6 Å². The van der Waals surface area contributed by atoms with E-state index >= 15 is 0 Å². The maximum Gasteiger partial charge on any atom is 0.224 e. The summed E-state index contributed by atoms with van der Waals surface area (Å²) in [5.41, 5.74) is 2.21. The molecule has 0 aromatic carbocycles. The number of rotatable bonds is 7. The number of pyridine rings is 1. The average molecular weight is 285 g/mol. The predicted molar refractivity (Wildman–Crippen MR) is 86.5 cm³/mol. The Morgan fingerprint density at radius 3 is 2.57 bits per heavy atom. The molecule has 2 heterocycles. The van der Waals surface area contributed by atoms with Crippen LogP contribution in [0.4, 0.5) is 11.8 Å². The molecule has 0 unspecified atom stereocenters. The molecule has 2 aromatic rings. The highest BCUT2D eigenvalue weighted by Crippen LogP contribution is 2.17. The molecule has 0 fully saturated rings. The van der Waals surface area contributed by atoms with Crippen LogP contribution >= 0.6 is 0 Å². The first-order valence-electron chi connectivity index (χ1n) is 7.46. The molecule has 1 N–H and O–H groups in total. The van der Waals surface area contributed by atoms with E-state index in [1.54, 1.807) is 0 Å². The first-order chi connectivity index (χ1) is 10.2. The van der Waals surface area contributed by atoms with Crippen LogP contribution in [0.15, 0.2) is 30.6 Å². The minimum atomic E-state index is 0.708. The van der Waals surface area contributed by atoms with Crippen molar-refractivity contribution in [1.82, 2.24) is 15.0 Å². The smallest absolute Gasteiger partial charge is 0.224 e. The molecular formula is C16H23N5. The summed E-state index contributed by atoms with van der Waals surface area (Å²) in [7, 11) is 0. The fourth-order valence-corrected chi connectivity index (χ4v) is 2.09. The summed E-state index contributed by atoms with van der Waals surface area (Å²) in [5.74, 6) is 1.67. The Morgan fingerprint density at radius 1 is 1.14 bits per heavy atom. The van der Waals surface area contributed by atoms with Crippen molar-refractivity contribution >= 4 is 11.8 Å². The molecule has 0 aliphatic heterocycles. The fraction of sp³-hybridized carbons (Fsp3) is 0.438. The van der Waals surface area contributed by atoms with Crippen molar-refractivity contribution in [2.75, 3.05) is 23.3 Å². The van der Waals surface area contributed by atoms with Gasteiger partial charge in [0.15, 0.2) is 0 Å². The van der Waals surface area contributed by atoms with Gasteiger partial charge in [-0.2, -0.15) is 4.98 Å². The Kier molecular flexibility index (Phi) is 5.49. The van der Waals surface area contributed by atoms with Gasteiger partial charge in [-0.05, 0) is 38.0 Å². The van der Waals surface area contributed by atoms with Gasteiger partial charge < -0.3 is 10.2 Å². The summed E-state index contributed by atoms with van der Waals surface area (Å²) in [6.07, 6.45) is 4.70. The maximum absolute atomic E-state index is 4.63. The molecule has 5 heteroatoms. The molecule has 21 heavy (non-hydrogen) atoms. The molecule has 0 saturated heterocycles. The number of anilines is 2. The van der Waals surface area contributed by atoms with Crippen LogP contribution in [0.25, 0.3) is 0 Å². The molecule has 0 atom stereocenters. The van der Waals surface area contributed by atoms with Crippen molar-refractivity contribution in [2.45, 2.75) is 33.7 Å². The molecule has 112 valence electrons. The zero-order valence-electron chi connectivity index (χ0n) is 13.0. The highest BCUT2D eigenvalue weighted by atomic mass is 15.2. The van der Waals surface area contributed by atoms with Gasteiger partial charge in [0.25, 0.3) is 0 Å². The van der Waals surface area contributed by atoms with Gasteiger partial charge in [0, 0.05) is 43.8 Å². The lowest BCUT2D eigenvalue weighted by molar-refractivity contribution is 0.805. The molecule has 0 spiro atoms. The van der Waals surface area contributed by atoms with Gasteiger partial charge in [0.1, 0.15) is 5.82 Å². The van der Waals surface area contributed by atoms with E-state index in [0.29, 0.717) is 5.95 Å². The number of aromatic nitrogens is 3. The highest BCUT2D eigenvalue weighted by molar-refractivity contribution is 5.45. The van der Waals surface area contributed by atoms with Crippen LogP contribution in [0.5, 0.6) is 0 Å². The minimum Gasteiger partial charge on any atom is -0.354 e. The average Bonchev–Trinajstić information content (AvgIpc) is 2.51. The van der Waals surface area contributed by atoms with Crippen LogP contribution < -0.4 is 10.2 Å². The Labute approximate surface area is 126 Å². The summed E-state index contributed by atoms with van der Waals surface area (Å²) in [6.45, 7) is 8.87. The van der Waals surface area contributed by atoms with E-state index in [4.69, 9.17) is 0 Å². The summed E-state index contributed by atoms with van der Waals surface area (Å²) in [4.78, 5) is 15.4. The second-order valence-corrected chi connectivity index (χ2v) is 4.99. The van der Waals surface area contributed by atoms with Crippen LogP contribution in [-0.2, 0) is 6.54 Å². The van der Waals surface area contributed by atoms with Crippen LogP contribution in [-0.4, -0.2) is 28.0 Å². The van der Waals surface area contributed by atoms with Crippen molar-refractivity contribution in [2.24, 2.45) is 0 Å². The first-order valence-corrected chi connectivity index (χ1v) is 7.46. The number of hydrogen-bond acceptors (Lipinski definition) is 5. The van der Waals surface area contributed by atoms with E-state index in [1.807, 2.05) is 37.5 Å². The van der Waals surface area contributed by atoms with Gasteiger partial charge in [-0.3, -0.25) is 4.98 Å². The van der Waals surface area contributed by atoms with Crippen LogP contribution in [0.3, 0.4) is 0 Å². The third kappa shape index (κ3) is 4.41. The van der Waals surface area contributed by atoms with Crippen LogP contribution in [0.1, 0.15) is 31.5 Å². The predicted octanol–water partition coefficient (Wildman–Crippen LogP) is 3.03. The van der Waals surface area contributed by atoms with Crippen LogP contribution in [0.2, 0.25) is 0 Å². The normalized spacial score (nSPS) is 10.4. The Morgan fingerprint density at radius 2 is 1.90 bits per heavy atom. The SMILES string of the molecule is CCCNc1nc(C)cc(N(CC)Cc2ccncc2)n1. The Bertz CT molecular complexity index is 556. The van der Waals surface area contributed by atoms with Gasteiger partial charge in [-0.1, -0.05) is 6.92 Å². The summed E-state index contributed by atoms with van der Waals surface area (Å²) in [5, 5.41) is 3.26. The molecule has 0 aliphatic carbocycles. The first kappa shape index (κ1) is 15.2. The van der Waals surface area contributed by atoms with Gasteiger partial charge in [-0.25, -0.2) is 4.98 Å². The lowest BCUT2D eigenvalue weighted by atomic mass is 10.2. The third-order valence-corrected chi connectivity index (χ3v) is 3.20. The number of nitrogens with one attached hydrogen (secondary N) is 1. The van der Waals surface area contributed by atoms with E-state index in [-0.39, 0.29) is 0 Å². The van der Waals surface area contributed by atoms with E-state index in [2.05, 4.69) is 39.0 Å². The van der Waals surface area contributed by atoms with Crippen molar-refractivity contribution in [3.05, 3.63) is 41.9 Å². The van der Waals surface area contributed by atoms with Crippen LogP contribution in [0, 0.1) is 6.92 Å². The maximum atomic E-state index is 4.63. The Hall–Kier alpha value is -2.17. The van der Waals surface area contributed by atoms with Crippen molar-refractivity contribution < 1.29 is 0 Å². The summed E-state index contributed by atoms with van der Waals surface area (Å²) in [6, 6.07) is 6.10. The summed E-state index contributed by atoms with van der Waals surface area (Å²) >= 11 is 0. The second-order valence-electron chi connectivity index (χ2n) is 4.99. The largest absolute Gasteiger partial charge is 0.354 e. The highest BCUT2D eigenvalue weighted by Gasteiger charge is 2.09. The van der Waals surface area contributed by atoms with Gasteiger partial charge >= 0.3 is 0 Å². The number of hydrogen-bond donors (Lipinski definition) is 1. The number of aryl methyl sites for hydroxylation is 1. The zero-order chi connectivity index (χ0) is 15.1. The molecule has 5 nitrogen and oxygen atoms in total. The van der Waals surface area contributed by atoms with E-state index in [1.165, 1.54) is 5.56 Å². The zero-order valence-corrected chi connectivity index (χ0v) is 13.0. The number of nitrogens with zero attached hydrogens (tertiary/aromatic N) is 4. The lowest BCUT2D eigenvalue weighted by Gasteiger charge is -2.22. The third-order valence-electron chi connectivity index (χ3n) is 3.20. The second kappa shape index (κ2) is 7.57. The molecule has 0 aliphatic rings. The topological polar surface area (TPSA) is 53.9 Å². The van der Waals surface area contributed by atoms with E-state index < -0.39 is 0 Å². The molecule has 0 saturated carbocycles. The molecule has 2 aromatic heterocycles. The molecular weight excluding hydrogens is 262 g/mol. The lowest BCUT2D eigenvalue weighted by Crippen LogP contribution is -2.24. The van der Waals surface area contributed by atoms with Crippen molar-refractivity contribution in [3.63, 3.8) is 0 Å². The molecule has 0 bridgehead atoms. The minimum absolute atomic E-state index is 0.708. The molecule has 0 amide bonds. The standard InChI is InChI=1S/C16H23N5/c1-4-8-18-16-19-13(3)11-15(20-16)21(5-2)12-14-6-9-17-10-7-14/h6-7,9-11H,4-5,8,12H2,1-3H3,(H,18,19,20). The molecule has 2 rings (SSSR count). The van der Waals surface area contributed by atoms with Gasteiger partial charge in [0.2, 0.25) is 5.95 Å². The van der Waals surface area contributed by atoms with Gasteiger partial charge in [0.05, 0.1) is 0 Å². The Balaban J connectivity index is 2.19. The van der Waals surface area contributed by atoms with Crippen molar-refractivity contribution in [3.8, 4) is 0 Å². The quantitative estimate of drug-likeness (QED) is 0.847. The van der Waals surface area contributed by atoms with E-state index in [9.17, 15) is 0 Å². The monoisotopic (exact) mass is 285 g/mol. The van der Waals surface area contributed by atoms with Gasteiger partial charge in [-0.15, -0.1) is 0 Å².